The molecule has 21 heavy (non-hydrogen) atoms. The number of nitrogens with zero attached hydrogens (tertiary/aromatic N) is 1. The number of hydrogen-bond acceptors (Lipinski definition) is 2. The molecule has 1 fully saturated rings. The highest BCUT2D eigenvalue weighted by Crippen LogP contribution is 2.24. The summed E-state index contributed by atoms with van der Waals surface area (Å²) in [5, 5.41) is 3.66. The molecule has 0 radical (unpaired) electrons. The van der Waals surface area contributed by atoms with Gasteiger partial charge >= 0.3 is 0 Å². The first-order chi connectivity index (χ1) is 10.1. The van der Waals surface area contributed by atoms with E-state index in [1.807, 2.05) is 0 Å². The quantitative estimate of drug-likeness (QED) is 0.845. The van der Waals surface area contributed by atoms with Gasteiger partial charge in [-0.1, -0.05) is 43.7 Å². The van der Waals surface area contributed by atoms with E-state index in [1.54, 1.807) is 0 Å². The fraction of sp³-hybridized carbons (Fsp3) is 0.684. The number of piperidine rings is 1. The molecule has 0 aromatic heterocycles. The number of aryl methyl sites for hydroxylation is 1. The molecule has 0 aliphatic carbocycles. The van der Waals surface area contributed by atoms with Gasteiger partial charge in [0.1, 0.15) is 0 Å². The molecular formula is C19H32N2. The van der Waals surface area contributed by atoms with Crippen LogP contribution in [-0.4, -0.2) is 30.6 Å². The van der Waals surface area contributed by atoms with Crippen molar-refractivity contribution in [2.24, 2.45) is 5.92 Å². The van der Waals surface area contributed by atoms with Gasteiger partial charge in [-0.05, 0) is 51.1 Å². The molecule has 1 aliphatic rings. The molecule has 2 nitrogen and oxygen atoms in total. The van der Waals surface area contributed by atoms with Crippen molar-refractivity contribution in [2.75, 3.05) is 19.6 Å². The number of likely N-dealkylation sites (tertiary alicyclic amines) is 1. The topological polar surface area (TPSA) is 15.3 Å². The minimum absolute atomic E-state index is 0.486. The molecular weight excluding hydrogens is 256 g/mol. The van der Waals surface area contributed by atoms with E-state index < -0.39 is 0 Å². The summed E-state index contributed by atoms with van der Waals surface area (Å²) in [6.45, 7) is 12.6. The average molecular weight is 288 g/mol. The Morgan fingerprint density at radius 3 is 2.57 bits per heavy atom. The molecule has 1 aromatic rings. The first kappa shape index (κ1) is 16.5. The molecule has 1 saturated heterocycles. The molecule has 3 atom stereocenters. The van der Waals surface area contributed by atoms with Crippen molar-refractivity contribution in [3.8, 4) is 0 Å². The van der Waals surface area contributed by atoms with Gasteiger partial charge in [0.2, 0.25) is 0 Å². The second-order valence-corrected chi connectivity index (χ2v) is 6.84. The van der Waals surface area contributed by atoms with Gasteiger partial charge in [-0.2, -0.15) is 0 Å². The Labute approximate surface area is 130 Å². The lowest BCUT2D eigenvalue weighted by molar-refractivity contribution is 0.119. The molecule has 0 saturated carbocycles. The molecule has 1 N–H and O–H groups in total. The Balaban J connectivity index is 1.94. The molecule has 0 spiro atoms. The molecule has 3 unspecified atom stereocenters. The Bertz CT molecular complexity index is 412. The van der Waals surface area contributed by atoms with E-state index in [-0.39, 0.29) is 0 Å². The minimum Gasteiger partial charge on any atom is -0.310 e. The average Bonchev–Trinajstić information content (AvgIpc) is 2.48. The van der Waals surface area contributed by atoms with Crippen molar-refractivity contribution in [3.05, 3.63) is 35.4 Å². The van der Waals surface area contributed by atoms with Crippen molar-refractivity contribution < 1.29 is 0 Å². The Morgan fingerprint density at radius 1 is 1.19 bits per heavy atom. The van der Waals surface area contributed by atoms with Crippen LogP contribution in [0.5, 0.6) is 0 Å². The van der Waals surface area contributed by atoms with Crippen LogP contribution in [0.25, 0.3) is 0 Å². The van der Waals surface area contributed by atoms with Crippen LogP contribution >= 0.6 is 0 Å². The lowest BCUT2D eigenvalue weighted by Gasteiger charge is -2.37. The zero-order valence-electron chi connectivity index (χ0n) is 14.2. The summed E-state index contributed by atoms with van der Waals surface area (Å²) in [5.41, 5.74) is 2.77. The maximum Gasteiger partial charge on any atom is 0.0332 e. The van der Waals surface area contributed by atoms with E-state index in [1.165, 1.54) is 43.5 Å². The molecule has 2 heteroatoms. The van der Waals surface area contributed by atoms with Gasteiger partial charge in [0.05, 0.1) is 0 Å². The van der Waals surface area contributed by atoms with Crippen molar-refractivity contribution in [1.29, 1.82) is 0 Å². The molecule has 2 rings (SSSR count). The van der Waals surface area contributed by atoms with Crippen molar-refractivity contribution >= 4 is 0 Å². The van der Waals surface area contributed by atoms with Gasteiger partial charge < -0.3 is 10.2 Å². The number of nitrogens with one attached hydrogen (secondary N) is 1. The second kappa shape index (κ2) is 7.95. The zero-order chi connectivity index (χ0) is 15.2. The van der Waals surface area contributed by atoms with E-state index >= 15 is 0 Å². The van der Waals surface area contributed by atoms with Gasteiger partial charge in [-0.25, -0.2) is 0 Å². The highest BCUT2D eigenvalue weighted by Gasteiger charge is 2.23. The third kappa shape index (κ3) is 4.82. The van der Waals surface area contributed by atoms with E-state index in [0.717, 1.165) is 18.5 Å². The normalized spacial score (nSPS) is 25.0. The molecule has 0 amide bonds. The highest BCUT2D eigenvalue weighted by molar-refractivity contribution is 5.24. The predicted octanol–water partition coefficient (Wildman–Crippen LogP) is 4.16. The molecule has 1 aromatic carbocycles. The highest BCUT2D eigenvalue weighted by atomic mass is 15.2. The van der Waals surface area contributed by atoms with Gasteiger partial charge in [-0.3, -0.25) is 0 Å². The van der Waals surface area contributed by atoms with E-state index in [0.29, 0.717) is 6.04 Å². The Morgan fingerprint density at radius 2 is 1.90 bits per heavy atom. The van der Waals surface area contributed by atoms with E-state index in [9.17, 15) is 0 Å². The fourth-order valence-corrected chi connectivity index (χ4v) is 3.42. The van der Waals surface area contributed by atoms with Crippen molar-refractivity contribution in [3.63, 3.8) is 0 Å². The molecule has 1 aliphatic heterocycles. The van der Waals surface area contributed by atoms with Gasteiger partial charge in [0.15, 0.2) is 0 Å². The first-order valence-corrected chi connectivity index (χ1v) is 8.64. The predicted molar refractivity (Wildman–Crippen MR) is 91.6 cm³/mol. The second-order valence-electron chi connectivity index (χ2n) is 6.84. The third-order valence-corrected chi connectivity index (χ3v) is 4.88. The van der Waals surface area contributed by atoms with Gasteiger partial charge in [0.25, 0.3) is 0 Å². The lowest BCUT2D eigenvalue weighted by Crippen LogP contribution is -2.42. The minimum atomic E-state index is 0.486. The Hall–Kier alpha value is -0.860. The number of rotatable bonds is 6. The Kier molecular flexibility index (Phi) is 6.25. The van der Waals surface area contributed by atoms with Gasteiger partial charge in [0, 0.05) is 25.2 Å². The van der Waals surface area contributed by atoms with Crippen LogP contribution < -0.4 is 5.32 Å². The summed E-state index contributed by atoms with van der Waals surface area (Å²) < 4.78 is 0. The zero-order valence-corrected chi connectivity index (χ0v) is 14.2. The summed E-state index contributed by atoms with van der Waals surface area (Å²) in [5.74, 6) is 0.859. The SMILES string of the molecule is CCNC(CCN1CC(C)CCC1C)c1ccc(C)cc1. The van der Waals surface area contributed by atoms with Crippen LogP contribution in [0.4, 0.5) is 0 Å². The maximum absolute atomic E-state index is 3.66. The van der Waals surface area contributed by atoms with Crippen LogP contribution in [0.1, 0.15) is 57.2 Å². The smallest absolute Gasteiger partial charge is 0.0332 e. The lowest BCUT2D eigenvalue weighted by atomic mass is 9.94. The van der Waals surface area contributed by atoms with Crippen LogP contribution in [0.3, 0.4) is 0 Å². The summed E-state index contributed by atoms with van der Waals surface area (Å²) in [6.07, 6.45) is 3.96. The molecule has 1 heterocycles. The fourth-order valence-electron chi connectivity index (χ4n) is 3.42. The summed E-state index contributed by atoms with van der Waals surface area (Å²) >= 11 is 0. The monoisotopic (exact) mass is 288 g/mol. The summed E-state index contributed by atoms with van der Waals surface area (Å²) in [7, 11) is 0. The maximum atomic E-state index is 3.66. The largest absolute Gasteiger partial charge is 0.310 e. The van der Waals surface area contributed by atoms with Crippen LogP contribution in [0, 0.1) is 12.8 Å². The standard InChI is InChI=1S/C19H32N2/c1-5-20-19(18-10-7-15(2)8-11-18)12-13-21-14-16(3)6-9-17(21)4/h7-8,10-11,16-17,19-20H,5-6,9,12-14H2,1-4H3. The summed E-state index contributed by atoms with van der Waals surface area (Å²) in [6, 6.07) is 10.3. The molecule has 118 valence electrons. The van der Waals surface area contributed by atoms with E-state index in [4.69, 9.17) is 0 Å². The van der Waals surface area contributed by atoms with Crippen molar-refractivity contribution in [2.45, 2.75) is 59.0 Å². The van der Waals surface area contributed by atoms with Gasteiger partial charge in [-0.15, -0.1) is 0 Å². The third-order valence-electron chi connectivity index (χ3n) is 4.88. The van der Waals surface area contributed by atoms with Crippen LogP contribution in [-0.2, 0) is 0 Å². The summed E-state index contributed by atoms with van der Waals surface area (Å²) in [4.78, 5) is 2.69. The van der Waals surface area contributed by atoms with Crippen molar-refractivity contribution in [1.82, 2.24) is 10.2 Å². The number of hydrogen-bond donors (Lipinski definition) is 1. The first-order valence-electron chi connectivity index (χ1n) is 8.64. The van der Waals surface area contributed by atoms with Crippen LogP contribution in [0.15, 0.2) is 24.3 Å². The van der Waals surface area contributed by atoms with E-state index in [2.05, 4.69) is 62.2 Å². The number of benzene rings is 1. The molecule has 0 bridgehead atoms. The van der Waals surface area contributed by atoms with Crippen LogP contribution in [0.2, 0.25) is 0 Å².